The molecule has 2 N–H and O–H groups in total. The molecule has 1 aromatic heterocycles. The third-order valence-electron chi connectivity index (χ3n) is 3.97. The molecule has 0 saturated carbocycles. The summed E-state index contributed by atoms with van der Waals surface area (Å²) in [5, 5.41) is 18.6. The molecule has 0 aliphatic carbocycles. The molecule has 2 saturated heterocycles. The third-order valence-corrected chi connectivity index (χ3v) is 5.03. The lowest BCUT2D eigenvalue weighted by molar-refractivity contribution is 0.0290. The summed E-state index contributed by atoms with van der Waals surface area (Å²) in [6.07, 6.45) is 2.84. The number of fused-ring (bicyclic) bond motifs is 2. The maximum absolute atomic E-state index is 12.5. The van der Waals surface area contributed by atoms with Crippen LogP contribution < -0.4 is 0 Å². The van der Waals surface area contributed by atoms with Gasteiger partial charge in [0.25, 0.3) is 5.91 Å². The number of hydrogen-bond donors (Lipinski definition) is 2. The number of carboxylic acid groups (broad SMARTS) is 1. The largest absolute Gasteiger partial charge is 0.477 e. The van der Waals surface area contributed by atoms with E-state index in [-0.39, 0.29) is 29.0 Å². The molecule has 0 aromatic carbocycles. The summed E-state index contributed by atoms with van der Waals surface area (Å²) >= 11 is 1.02. The number of piperidine rings is 1. The fraction of sp³-hybridized carbons (Fsp3) is 0.538. The fourth-order valence-electron chi connectivity index (χ4n) is 3.17. The van der Waals surface area contributed by atoms with Crippen molar-refractivity contribution in [2.24, 2.45) is 0 Å². The molecule has 1 aromatic rings. The van der Waals surface area contributed by atoms with Gasteiger partial charge in [0.05, 0.1) is 11.0 Å². The zero-order valence-corrected chi connectivity index (χ0v) is 11.1. The lowest BCUT2D eigenvalue weighted by Crippen LogP contribution is -2.47. The van der Waals surface area contributed by atoms with Crippen molar-refractivity contribution in [1.82, 2.24) is 4.90 Å². The van der Waals surface area contributed by atoms with Crippen molar-refractivity contribution in [2.75, 3.05) is 0 Å². The van der Waals surface area contributed by atoms with Gasteiger partial charge in [-0.15, -0.1) is 11.3 Å². The Labute approximate surface area is 114 Å². The normalized spacial score (nSPS) is 29.5. The van der Waals surface area contributed by atoms with Crippen LogP contribution in [0.5, 0.6) is 0 Å². The number of aromatic carboxylic acids is 1. The molecule has 3 heterocycles. The van der Waals surface area contributed by atoms with Gasteiger partial charge in [-0.05, 0) is 37.8 Å². The summed E-state index contributed by atoms with van der Waals surface area (Å²) in [5.74, 6) is -1.09. The second kappa shape index (κ2) is 4.61. The first-order valence-electron chi connectivity index (χ1n) is 6.40. The minimum Gasteiger partial charge on any atom is -0.477 e. The number of thiophene rings is 1. The van der Waals surface area contributed by atoms with E-state index in [0.29, 0.717) is 17.7 Å². The Kier molecular flexibility index (Phi) is 3.06. The van der Waals surface area contributed by atoms with Crippen LogP contribution in [-0.2, 0) is 0 Å². The second-order valence-corrected chi connectivity index (χ2v) is 6.28. The summed E-state index contributed by atoms with van der Waals surface area (Å²) in [7, 11) is 0. The van der Waals surface area contributed by atoms with E-state index < -0.39 is 5.97 Å². The third kappa shape index (κ3) is 2.15. The summed E-state index contributed by atoms with van der Waals surface area (Å²) < 4.78 is 0. The summed E-state index contributed by atoms with van der Waals surface area (Å²) in [6, 6.07) is 3.27. The Morgan fingerprint density at radius 1 is 1.16 bits per heavy atom. The average molecular weight is 281 g/mol. The van der Waals surface area contributed by atoms with E-state index >= 15 is 0 Å². The maximum atomic E-state index is 12.5. The maximum Gasteiger partial charge on any atom is 0.345 e. The lowest BCUT2D eigenvalue weighted by Gasteiger charge is -2.36. The van der Waals surface area contributed by atoms with Crippen LogP contribution in [0.4, 0.5) is 0 Å². The van der Waals surface area contributed by atoms with Gasteiger partial charge in [-0.1, -0.05) is 0 Å². The van der Waals surface area contributed by atoms with Gasteiger partial charge in [-0.25, -0.2) is 4.79 Å². The van der Waals surface area contributed by atoms with Gasteiger partial charge in [0, 0.05) is 12.1 Å². The van der Waals surface area contributed by atoms with Gasteiger partial charge in [-0.2, -0.15) is 0 Å². The number of carboxylic acids is 1. The van der Waals surface area contributed by atoms with Crippen LogP contribution in [0.15, 0.2) is 12.1 Å². The van der Waals surface area contributed by atoms with Gasteiger partial charge in [-0.3, -0.25) is 4.79 Å². The van der Waals surface area contributed by atoms with Gasteiger partial charge in [0.2, 0.25) is 0 Å². The predicted octanol–water partition coefficient (Wildman–Crippen LogP) is 1.57. The molecule has 102 valence electrons. The van der Waals surface area contributed by atoms with E-state index in [0.717, 1.165) is 24.2 Å². The molecular weight excluding hydrogens is 266 g/mol. The zero-order valence-electron chi connectivity index (χ0n) is 10.3. The summed E-state index contributed by atoms with van der Waals surface area (Å²) in [6.45, 7) is 0. The van der Waals surface area contributed by atoms with E-state index in [1.807, 2.05) is 4.90 Å². The highest BCUT2D eigenvalue weighted by atomic mass is 32.1. The van der Waals surface area contributed by atoms with E-state index in [9.17, 15) is 14.7 Å². The molecular formula is C13H15NO4S. The standard InChI is InChI=1S/C13H15NO4S/c15-9-5-7-1-2-8(6-9)14(7)12(16)10-3-4-11(19-10)13(17)18/h3-4,7-9,15H,1-2,5-6H2,(H,17,18). The number of carbonyl (C=O) groups is 2. The Bertz CT molecular complexity index is 512. The van der Waals surface area contributed by atoms with E-state index in [1.54, 1.807) is 6.07 Å². The highest BCUT2D eigenvalue weighted by Crippen LogP contribution is 2.37. The Morgan fingerprint density at radius 3 is 2.26 bits per heavy atom. The number of amides is 1. The second-order valence-electron chi connectivity index (χ2n) is 5.19. The van der Waals surface area contributed by atoms with Gasteiger partial charge in [0.15, 0.2) is 0 Å². The van der Waals surface area contributed by atoms with Gasteiger partial charge in [0.1, 0.15) is 4.88 Å². The Morgan fingerprint density at radius 2 is 1.74 bits per heavy atom. The van der Waals surface area contributed by atoms with E-state index in [4.69, 9.17) is 5.11 Å². The first kappa shape index (κ1) is 12.6. The molecule has 2 fully saturated rings. The zero-order chi connectivity index (χ0) is 13.6. The van der Waals surface area contributed by atoms with Crippen LogP contribution in [-0.4, -0.2) is 45.2 Å². The number of aliphatic hydroxyl groups is 1. The smallest absolute Gasteiger partial charge is 0.345 e. The van der Waals surface area contributed by atoms with Crippen molar-refractivity contribution in [3.63, 3.8) is 0 Å². The van der Waals surface area contributed by atoms with Crippen molar-refractivity contribution in [3.8, 4) is 0 Å². The number of aliphatic hydroxyl groups excluding tert-OH is 1. The van der Waals surface area contributed by atoms with Crippen LogP contribution in [0, 0.1) is 0 Å². The molecule has 0 spiro atoms. The van der Waals surface area contributed by atoms with Crippen molar-refractivity contribution in [3.05, 3.63) is 21.9 Å². The van der Waals surface area contributed by atoms with Crippen LogP contribution in [0.2, 0.25) is 0 Å². The first-order chi connectivity index (χ1) is 9.06. The van der Waals surface area contributed by atoms with Crippen molar-refractivity contribution in [1.29, 1.82) is 0 Å². The molecule has 5 nitrogen and oxygen atoms in total. The van der Waals surface area contributed by atoms with Crippen LogP contribution in [0.1, 0.15) is 45.0 Å². The van der Waals surface area contributed by atoms with Crippen LogP contribution >= 0.6 is 11.3 Å². The van der Waals surface area contributed by atoms with Crippen molar-refractivity contribution in [2.45, 2.75) is 43.9 Å². The quantitative estimate of drug-likeness (QED) is 0.862. The predicted molar refractivity (Wildman–Crippen MR) is 69.5 cm³/mol. The minimum atomic E-state index is -0.999. The highest BCUT2D eigenvalue weighted by molar-refractivity contribution is 7.15. The van der Waals surface area contributed by atoms with Crippen molar-refractivity contribution >= 4 is 23.2 Å². The van der Waals surface area contributed by atoms with E-state index in [2.05, 4.69) is 0 Å². The number of hydrogen-bond acceptors (Lipinski definition) is 4. The Hall–Kier alpha value is -1.40. The van der Waals surface area contributed by atoms with Gasteiger partial charge >= 0.3 is 5.97 Å². The first-order valence-corrected chi connectivity index (χ1v) is 7.21. The molecule has 2 aliphatic rings. The van der Waals surface area contributed by atoms with Crippen LogP contribution in [0.3, 0.4) is 0 Å². The molecule has 2 aliphatic heterocycles. The van der Waals surface area contributed by atoms with E-state index in [1.165, 1.54) is 6.07 Å². The molecule has 0 radical (unpaired) electrons. The van der Waals surface area contributed by atoms with Crippen LogP contribution in [0.25, 0.3) is 0 Å². The molecule has 19 heavy (non-hydrogen) atoms. The minimum absolute atomic E-state index is 0.0862. The number of nitrogens with zero attached hydrogens (tertiary/aromatic N) is 1. The summed E-state index contributed by atoms with van der Waals surface area (Å²) in [5.41, 5.74) is 0. The SMILES string of the molecule is O=C(O)c1ccc(C(=O)N2C3CCC2CC(O)C3)s1. The average Bonchev–Trinajstić information content (AvgIpc) is 2.93. The molecule has 2 bridgehead atoms. The topological polar surface area (TPSA) is 77.8 Å². The molecule has 6 heteroatoms. The molecule has 1 amide bonds. The lowest BCUT2D eigenvalue weighted by atomic mass is 10.00. The number of carbonyl (C=O) groups excluding carboxylic acids is 1. The monoisotopic (exact) mass is 281 g/mol. The molecule has 2 atom stereocenters. The van der Waals surface area contributed by atoms with Gasteiger partial charge < -0.3 is 15.1 Å². The summed E-state index contributed by atoms with van der Waals surface area (Å²) in [4.78, 5) is 25.8. The molecule has 2 unspecified atom stereocenters. The highest BCUT2D eigenvalue weighted by Gasteiger charge is 2.43. The van der Waals surface area contributed by atoms with Crippen molar-refractivity contribution < 1.29 is 19.8 Å². The number of rotatable bonds is 2. The molecule has 3 rings (SSSR count). The Balaban J connectivity index is 1.82. The fourth-order valence-corrected chi connectivity index (χ4v) is 3.96.